The third-order valence-corrected chi connectivity index (χ3v) is 5.26. The van der Waals surface area contributed by atoms with Crippen LogP contribution >= 0.6 is 0 Å². The molecule has 8 heteroatoms. The molecule has 1 aromatic heterocycles. The SMILES string of the molecule is NC(=O)c1ccccc1CN(C(=O)c1cnccn1)[C@@H]1CCc2c(F)cc(F)cc21. The topological polar surface area (TPSA) is 89.2 Å². The van der Waals surface area contributed by atoms with Gasteiger partial charge in [-0.05, 0) is 41.7 Å². The van der Waals surface area contributed by atoms with Gasteiger partial charge < -0.3 is 10.6 Å². The molecule has 0 saturated carbocycles. The van der Waals surface area contributed by atoms with E-state index in [9.17, 15) is 18.4 Å². The number of nitrogens with two attached hydrogens (primary N) is 1. The number of nitrogens with zero attached hydrogens (tertiary/aromatic N) is 3. The maximum atomic E-state index is 14.3. The van der Waals surface area contributed by atoms with Gasteiger partial charge in [0.15, 0.2) is 0 Å². The number of amides is 2. The van der Waals surface area contributed by atoms with Crippen LogP contribution in [0.1, 0.15) is 50.0 Å². The fraction of sp³-hybridized carbons (Fsp3) is 0.182. The van der Waals surface area contributed by atoms with E-state index in [1.807, 2.05) is 0 Å². The molecule has 30 heavy (non-hydrogen) atoms. The largest absolute Gasteiger partial charge is 0.366 e. The van der Waals surface area contributed by atoms with Gasteiger partial charge in [0.2, 0.25) is 5.91 Å². The lowest BCUT2D eigenvalue weighted by Gasteiger charge is -2.30. The fourth-order valence-electron chi connectivity index (χ4n) is 3.91. The third kappa shape index (κ3) is 3.63. The second kappa shape index (κ2) is 7.98. The number of benzene rings is 2. The van der Waals surface area contributed by atoms with Crippen LogP contribution < -0.4 is 5.73 Å². The number of hydrogen-bond acceptors (Lipinski definition) is 4. The Balaban J connectivity index is 1.79. The van der Waals surface area contributed by atoms with Gasteiger partial charge in [-0.15, -0.1) is 0 Å². The summed E-state index contributed by atoms with van der Waals surface area (Å²) in [6.45, 7) is 0.0246. The number of hydrogen-bond donors (Lipinski definition) is 1. The molecule has 0 spiro atoms. The zero-order valence-corrected chi connectivity index (χ0v) is 15.9. The molecule has 0 aliphatic heterocycles. The molecule has 0 radical (unpaired) electrons. The summed E-state index contributed by atoms with van der Waals surface area (Å²) in [5, 5.41) is 0. The zero-order chi connectivity index (χ0) is 21.3. The minimum atomic E-state index is -0.706. The molecule has 1 atom stereocenters. The standard InChI is InChI=1S/C22H18F2N4O2/c23-14-9-17-16(18(24)10-14)5-6-20(17)28(22(30)19-11-26-7-8-27-19)12-13-3-1-2-4-15(13)21(25)29/h1-4,7-11,20H,5-6,12H2,(H2,25,29)/t20-/m1/s1. The predicted molar refractivity (Wildman–Crippen MR) is 104 cm³/mol. The minimum absolute atomic E-state index is 0.0246. The number of rotatable bonds is 5. The molecule has 2 N–H and O–H groups in total. The molecule has 0 unspecified atom stereocenters. The number of halogens is 2. The molecule has 0 bridgehead atoms. The van der Waals surface area contributed by atoms with E-state index < -0.39 is 29.5 Å². The first-order chi connectivity index (χ1) is 14.5. The molecule has 0 fully saturated rings. The van der Waals surface area contributed by atoms with Crippen LogP contribution in [0.3, 0.4) is 0 Å². The number of carbonyl (C=O) groups is 2. The summed E-state index contributed by atoms with van der Waals surface area (Å²) >= 11 is 0. The Morgan fingerprint density at radius 3 is 2.70 bits per heavy atom. The lowest BCUT2D eigenvalue weighted by atomic mass is 10.0. The van der Waals surface area contributed by atoms with Crippen molar-refractivity contribution in [2.75, 3.05) is 0 Å². The van der Waals surface area contributed by atoms with Gasteiger partial charge in [-0.1, -0.05) is 18.2 Å². The van der Waals surface area contributed by atoms with Crippen molar-refractivity contribution in [1.29, 1.82) is 0 Å². The monoisotopic (exact) mass is 408 g/mol. The van der Waals surface area contributed by atoms with Crippen molar-refractivity contribution < 1.29 is 18.4 Å². The minimum Gasteiger partial charge on any atom is -0.366 e. The Labute approximate surface area is 171 Å². The maximum Gasteiger partial charge on any atom is 0.274 e. The summed E-state index contributed by atoms with van der Waals surface area (Å²) in [5.41, 5.74) is 7.20. The highest BCUT2D eigenvalue weighted by Gasteiger charge is 2.34. The van der Waals surface area contributed by atoms with Gasteiger partial charge in [-0.3, -0.25) is 14.6 Å². The summed E-state index contributed by atoms with van der Waals surface area (Å²) in [4.78, 5) is 34.6. The summed E-state index contributed by atoms with van der Waals surface area (Å²) < 4.78 is 28.2. The zero-order valence-electron chi connectivity index (χ0n) is 15.9. The van der Waals surface area contributed by atoms with Crippen molar-refractivity contribution in [3.63, 3.8) is 0 Å². The first-order valence-corrected chi connectivity index (χ1v) is 9.38. The van der Waals surface area contributed by atoms with Gasteiger partial charge in [0.1, 0.15) is 17.3 Å². The fourth-order valence-corrected chi connectivity index (χ4v) is 3.91. The van der Waals surface area contributed by atoms with Crippen molar-refractivity contribution in [2.24, 2.45) is 5.73 Å². The highest BCUT2D eigenvalue weighted by molar-refractivity contribution is 5.95. The Morgan fingerprint density at radius 2 is 1.97 bits per heavy atom. The highest BCUT2D eigenvalue weighted by atomic mass is 19.1. The van der Waals surface area contributed by atoms with Crippen molar-refractivity contribution in [3.8, 4) is 0 Å². The van der Waals surface area contributed by atoms with Crippen LogP contribution in [0.15, 0.2) is 55.0 Å². The second-order valence-corrected chi connectivity index (χ2v) is 7.05. The Morgan fingerprint density at radius 1 is 1.17 bits per heavy atom. The molecule has 3 aromatic rings. The van der Waals surface area contributed by atoms with E-state index >= 15 is 0 Å². The smallest absolute Gasteiger partial charge is 0.274 e. The molecule has 4 rings (SSSR count). The summed E-state index contributed by atoms with van der Waals surface area (Å²) in [7, 11) is 0. The van der Waals surface area contributed by atoms with Crippen LogP contribution in [-0.2, 0) is 13.0 Å². The number of carbonyl (C=O) groups excluding carboxylic acids is 2. The van der Waals surface area contributed by atoms with E-state index in [-0.39, 0.29) is 17.8 Å². The van der Waals surface area contributed by atoms with Crippen LogP contribution in [0.25, 0.3) is 0 Å². The average molecular weight is 408 g/mol. The Kier molecular flexibility index (Phi) is 5.22. The van der Waals surface area contributed by atoms with Crippen molar-refractivity contribution in [2.45, 2.75) is 25.4 Å². The van der Waals surface area contributed by atoms with Gasteiger partial charge in [-0.25, -0.2) is 13.8 Å². The molecular formula is C22H18F2N4O2. The van der Waals surface area contributed by atoms with Gasteiger partial charge in [0, 0.05) is 30.6 Å². The van der Waals surface area contributed by atoms with Crippen LogP contribution in [0.4, 0.5) is 8.78 Å². The van der Waals surface area contributed by atoms with Gasteiger partial charge >= 0.3 is 0 Å². The van der Waals surface area contributed by atoms with Gasteiger partial charge in [-0.2, -0.15) is 0 Å². The van der Waals surface area contributed by atoms with E-state index in [1.54, 1.807) is 24.3 Å². The van der Waals surface area contributed by atoms with E-state index in [0.29, 0.717) is 29.5 Å². The first kappa shape index (κ1) is 19.6. The van der Waals surface area contributed by atoms with E-state index in [4.69, 9.17) is 5.73 Å². The first-order valence-electron chi connectivity index (χ1n) is 9.38. The van der Waals surface area contributed by atoms with E-state index in [1.165, 1.54) is 29.6 Å². The van der Waals surface area contributed by atoms with Crippen molar-refractivity contribution in [3.05, 3.63) is 94.6 Å². The van der Waals surface area contributed by atoms with Gasteiger partial charge in [0.25, 0.3) is 5.91 Å². The molecule has 1 aliphatic carbocycles. The highest BCUT2D eigenvalue weighted by Crippen LogP contribution is 2.39. The maximum absolute atomic E-state index is 14.3. The van der Waals surface area contributed by atoms with Crippen LogP contribution in [-0.4, -0.2) is 26.7 Å². The third-order valence-electron chi connectivity index (χ3n) is 5.26. The second-order valence-electron chi connectivity index (χ2n) is 7.05. The molecule has 1 aliphatic rings. The molecule has 6 nitrogen and oxygen atoms in total. The number of fused-ring (bicyclic) bond motifs is 1. The van der Waals surface area contributed by atoms with Crippen LogP contribution in [0, 0.1) is 11.6 Å². The molecule has 152 valence electrons. The summed E-state index contributed by atoms with van der Waals surface area (Å²) in [5.74, 6) is -2.41. The van der Waals surface area contributed by atoms with Crippen LogP contribution in [0.2, 0.25) is 0 Å². The average Bonchev–Trinajstić information content (AvgIpc) is 3.16. The summed E-state index contributed by atoms with van der Waals surface area (Å²) in [6, 6.07) is 8.19. The van der Waals surface area contributed by atoms with Crippen molar-refractivity contribution >= 4 is 11.8 Å². The molecule has 2 aromatic carbocycles. The van der Waals surface area contributed by atoms with E-state index in [0.717, 1.165) is 6.07 Å². The predicted octanol–water partition coefficient (Wildman–Crippen LogP) is 3.18. The van der Waals surface area contributed by atoms with Crippen LogP contribution in [0.5, 0.6) is 0 Å². The quantitative estimate of drug-likeness (QED) is 0.702. The lowest BCUT2D eigenvalue weighted by molar-refractivity contribution is 0.0649. The van der Waals surface area contributed by atoms with E-state index in [2.05, 4.69) is 9.97 Å². The molecule has 1 heterocycles. The molecule has 0 saturated heterocycles. The Hall–Kier alpha value is -3.68. The Bertz CT molecular complexity index is 1120. The number of aromatic nitrogens is 2. The lowest BCUT2D eigenvalue weighted by Crippen LogP contribution is -2.35. The van der Waals surface area contributed by atoms with Gasteiger partial charge in [0.05, 0.1) is 12.2 Å². The number of primary amides is 1. The molecular weight excluding hydrogens is 390 g/mol. The summed E-state index contributed by atoms with van der Waals surface area (Å²) in [6.07, 6.45) is 4.95. The molecule has 2 amide bonds. The normalized spacial score (nSPS) is 14.9. The van der Waals surface area contributed by atoms with Crippen molar-refractivity contribution in [1.82, 2.24) is 14.9 Å².